The van der Waals surface area contributed by atoms with E-state index in [-0.39, 0.29) is 5.58 Å². The van der Waals surface area contributed by atoms with E-state index < -0.39 is 11.9 Å². The molecule has 74 valence electrons. The van der Waals surface area contributed by atoms with Crippen molar-refractivity contribution in [3.63, 3.8) is 0 Å². The van der Waals surface area contributed by atoms with Gasteiger partial charge in [-0.1, -0.05) is 12.1 Å². The van der Waals surface area contributed by atoms with Crippen LogP contribution in [0, 0.1) is 6.92 Å². The van der Waals surface area contributed by atoms with Crippen LogP contribution in [0.1, 0.15) is 11.3 Å². The lowest BCUT2D eigenvalue weighted by Gasteiger charge is -1.99. The summed E-state index contributed by atoms with van der Waals surface area (Å²) in [4.78, 5) is 0. The number of hydrogen-bond acceptors (Lipinski definition) is 1. The predicted octanol–water partition coefficient (Wildman–Crippen LogP) is 3.76. The number of rotatable bonds is 0. The molecule has 0 bridgehead atoms. The molecule has 0 aliphatic carbocycles. The van der Waals surface area contributed by atoms with Gasteiger partial charge in [0.05, 0.1) is 0 Å². The molecule has 0 saturated heterocycles. The zero-order chi connectivity index (χ0) is 10.3. The van der Waals surface area contributed by atoms with Crippen molar-refractivity contribution in [3.05, 3.63) is 35.6 Å². The van der Waals surface area contributed by atoms with Gasteiger partial charge < -0.3 is 4.42 Å². The molecule has 2 aromatic rings. The Hall–Kier alpha value is -1.45. The fraction of sp³-hybridized carbons (Fsp3) is 0.200. The van der Waals surface area contributed by atoms with Gasteiger partial charge in [0.25, 0.3) is 0 Å². The van der Waals surface area contributed by atoms with Crippen LogP contribution in [0.5, 0.6) is 0 Å². The Morgan fingerprint density at radius 2 is 1.86 bits per heavy atom. The smallest absolute Gasteiger partial charge is 0.449 e. The fourth-order valence-corrected chi connectivity index (χ4v) is 1.28. The molecule has 0 N–H and O–H groups in total. The average molecular weight is 200 g/mol. The quantitative estimate of drug-likeness (QED) is 0.631. The van der Waals surface area contributed by atoms with Crippen molar-refractivity contribution in [1.82, 2.24) is 0 Å². The molecule has 0 unspecified atom stereocenters. The number of alkyl halides is 3. The number of fused-ring (bicyclic) bond motifs is 1. The second-order valence-corrected chi connectivity index (χ2v) is 3.15. The van der Waals surface area contributed by atoms with Crippen LogP contribution in [0.2, 0.25) is 0 Å². The summed E-state index contributed by atoms with van der Waals surface area (Å²) in [5.41, 5.74) is 1.15. The van der Waals surface area contributed by atoms with E-state index in [0.717, 1.165) is 11.6 Å². The largest absolute Gasteiger partial charge is 0.451 e. The first-order valence-corrected chi connectivity index (χ1v) is 4.04. The molecule has 0 saturated carbocycles. The van der Waals surface area contributed by atoms with Crippen LogP contribution in [0.4, 0.5) is 13.2 Å². The first kappa shape index (κ1) is 9.12. The molecule has 0 spiro atoms. The van der Waals surface area contributed by atoms with E-state index in [2.05, 4.69) is 4.42 Å². The molecule has 0 aliphatic rings. The van der Waals surface area contributed by atoms with Crippen LogP contribution >= 0.6 is 0 Å². The van der Waals surface area contributed by atoms with Gasteiger partial charge in [0.2, 0.25) is 5.76 Å². The second-order valence-electron chi connectivity index (χ2n) is 3.15. The summed E-state index contributed by atoms with van der Waals surface area (Å²) < 4.78 is 41.4. The Morgan fingerprint density at radius 3 is 2.50 bits per heavy atom. The van der Waals surface area contributed by atoms with Gasteiger partial charge in [-0.3, -0.25) is 0 Å². The first-order chi connectivity index (χ1) is 6.47. The highest BCUT2D eigenvalue weighted by atomic mass is 19.4. The lowest BCUT2D eigenvalue weighted by molar-refractivity contribution is -0.152. The molecule has 0 amide bonds. The maximum Gasteiger partial charge on any atom is 0.449 e. The summed E-state index contributed by atoms with van der Waals surface area (Å²) in [5.74, 6) is -0.946. The van der Waals surface area contributed by atoms with Gasteiger partial charge in [0.15, 0.2) is 0 Å². The van der Waals surface area contributed by atoms with Gasteiger partial charge in [0, 0.05) is 5.39 Å². The van der Waals surface area contributed by atoms with Crippen LogP contribution in [-0.4, -0.2) is 0 Å². The third-order valence-electron chi connectivity index (χ3n) is 1.95. The summed E-state index contributed by atoms with van der Waals surface area (Å²) in [6.45, 7) is 1.80. The van der Waals surface area contributed by atoms with E-state index in [1.165, 1.54) is 0 Å². The third kappa shape index (κ3) is 1.47. The fourth-order valence-electron chi connectivity index (χ4n) is 1.28. The van der Waals surface area contributed by atoms with Crippen molar-refractivity contribution in [2.24, 2.45) is 0 Å². The minimum absolute atomic E-state index is 0.275. The lowest BCUT2D eigenvalue weighted by atomic mass is 10.2. The van der Waals surface area contributed by atoms with Gasteiger partial charge in [-0.2, -0.15) is 13.2 Å². The Kier molecular flexibility index (Phi) is 1.80. The maximum atomic E-state index is 12.2. The maximum absolute atomic E-state index is 12.2. The van der Waals surface area contributed by atoms with Crippen molar-refractivity contribution in [3.8, 4) is 0 Å². The number of hydrogen-bond donors (Lipinski definition) is 0. The monoisotopic (exact) mass is 200 g/mol. The molecule has 0 fully saturated rings. The highest BCUT2D eigenvalue weighted by molar-refractivity contribution is 5.78. The minimum Gasteiger partial charge on any atom is -0.451 e. The summed E-state index contributed by atoms with van der Waals surface area (Å²) in [6.07, 6.45) is -4.41. The zero-order valence-corrected chi connectivity index (χ0v) is 7.35. The van der Waals surface area contributed by atoms with Crippen molar-refractivity contribution < 1.29 is 17.6 Å². The molecule has 14 heavy (non-hydrogen) atoms. The minimum atomic E-state index is -4.41. The molecule has 0 radical (unpaired) electrons. The van der Waals surface area contributed by atoms with E-state index >= 15 is 0 Å². The van der Waals surface area contributed by atoms with Crippen LogP contribution in [-0.2, 0) is 6.18 Å². The Balaban J connectivity index is 2.63. The first-order valence-electron chi connectivity index (χ1n) is 4.04. The number of aryl methyl sites for hydroxylation is 1. The van der Waals surface area contributed by atoms with Crippen LogP contribution in [0.25, 0.3) is 11.0 Å². The van der Waals surface area contributed by atoms with E-state index in [9.17, 15) is 13.2 Å². The molecule has 0 aliphatic heterocycles. The molecule has 2 rings (SSSR count). The standard InChI is InChI=1S/C10H7F3O/c1-6-2-3-7-5-9(10(11,12)13)14-8(7)4-6/h2-5H,1H3. The Bertz CT molecular complexity index is 468. The van der Waals surface area contributed by atoms with Crippen LogP contribution in [0.15, 0.2) is 28.7 Å². The van der Waals surface area contributed by atoms with Crippen molar-refractivity contribution >= 4 is 11.0 Å². The summed E-state index contributed by atoms with van der Waals surface area (Å²) in [5, 5.41) is 0.475. The third-order valence-corrected chi connectivity index (χ3v) is 1.95. The summed E-state index contributed by atoms with van der Waals surface area (Å²) in [6, 6.07) is 5.96. The van der Waals surface area contributed by atoms with Crippen LogP contribution in [0.3, 0.4) is 0 Å². The molecule has 4 heteroatoms. The van der Waals surface area contributed by atoms with E-state index in [1.807, 2.05) is 0 Å². The lowest BCUT2D eigenvalue weighted by Crippen LogP contribution is -2.01. The van der Waals surface area contributed by atoms with E-state index in [4.69, 9.17) is 0 Å². The topological polar surface area (TPSA) is 13.1 Å². The van der Waals surface area contributed by atoms with Crippen molar-refractivity contribution in [2.45, 2.75) is 13.1 Å². The molecule has 0 atom stereocenters. The van der Waals surface area contributed by atoms with Gasteiger partial charge in [0.1, 0.15) is 5.58 Å². The van der Waals surface area contributed by atoms with Gasteiger partial charge in [-0.05, 0) is 24.6 Å². The predicted molar refractivity (Wildman–Crippen MR) is 46.0 cm³/mol. The number of furan rings is 1. The highest BCUT2D eigenvalue weighted by Crippen LogP contribution is 2.33. The summed E-state index contributed by atoms with van der Waals surface area (Å²) in [7, 11) is 0. The number of benzene rings is 1. The molecule has 1 aromatic heterocycles. The highest BCUT2D eigenvalue weighted by Gasteiger charge is 2.35. The second kappa shape index (κ2) is 2.77. The molecular formula is C10H7F3O. The SMILES string of the molecule is Cc1ccc2cc(C(F)(F)F)oc2c1. The van der Waals surface area contributed by atoms with Crippen molar-refractivity contribution in [2.75, 3.05) is 0 Å². The Morgan fingerprint density at radius 1 is 1.14 bits per heavy atom. The molecule has 1 heterocycles. The van der Waals surface area contributed by atoms with E-state index in [1.54, 1.807) is 25.1 Å². The Labute approximate surface area is 78.1 Å². The zero-order valence-electron chi connectivity index (χ0n) is 7.35. The van der Waals surface area contributed by atoms with Gasteiger partial charge in [-0.15, -0.1) is 0 Å². The van der Waals surface area contributed by atoms with E-state index in [0.29, 0.717) is 5.39 Å². The average Bonchev–Trinajstić information content (AvgIpc) is 2.45. The van der Waals surface area contributed by atoms with Crippen molar-refractivity contribution in [1.29, 1.82) is 0 Å². The van der Waals surface area contributed by atoms with Gasteiger partial charge >= 0.3 is 6.18 Å². The normalized spacial score (nSPS) is 12.3. The molecule has 1 aromatic carbocycles. The van der Waals surface area contributed by atoms with Crippen LogP contribution < -0.4 is 0 Å². The molecule has 1 nitrogen and oxygen atoms in total. The number of halogens is 3. The summed E-state index contributed by atoms with van der Waals surface area (Å²) >= 11 is 0. The molecular weight excluding hydrogens is 193 g/mol. The van der Waals surface area contributed by atoms with Gasteiger partial charge in [-0.25, -0.2) is 0 Å².